The van der Waals surface area contributed by atoms with Gasteiger partial charge in [0.1, 0.15) is 10.8 Å². The van der Waals surface area contributed by atoms with Crippen LogP contribution in [0.3, 0.4) is 0 Å². The summed E-state index contributed by atoms with van der Waals surface area (Å²) >= 11 is 3.15. The van der Waals surface area contributed by atoms with Crippen molar-refractivity contribution in [3.63, 3.8) is 0 Å². The molecule has 1 atom stereocenters. The van der Waals surface area contributed by atoms with Gasteiger partial charge in [0.05, 0.1) is 20.0 Å². The molecule has 4 rings (SSSR count). The number of nitrogens with one attached hydrogen (secondary N) is 1. The normalized spacial score (nSPS) is 12.4. The zero-order valence-electron chi connectivity index (χ0n) is 15.2. The maximum absolute atomic E-state index is 12.5. The van der Waals surface area contributed by atoms with Crippen LogP contribution < -0.4 is 5.32 Å². The van der Waals surface area contributed by atoms with Crippen LogP contribution in [0.4, 0.5) is 0 Å². The summed E-state index contributed by atoms with van der Waals surface area (Å²) in [6.45, 7) is 5.58. The highest BCUT2D eigenvalue weighted by Crippen LogP contribution is 2.34. The number of aromatic nitrogens is 3. The van der Waals surface area contributed by atoms with Gasteiger partial charge < -0.3 is 9.88 Å². The van der Waals surface area contributed by atoms with Crippen LogP contribution in [0.25, 0.3) is 20.1 Å². The smallest absolute Gasteiger partial charge is 0.261 e. The van der Waals surface area contributed by atoms with E-state index in [1.807, 2.05) is 43.5 Å². The molecule has 0 unspecified atom stereocenters. The molecule has 0 radical (unpaired) electrons. The first kappa shape index (κ1) is 17.9. The largest absolute Gasteiger partial charge is 0.351 e. The van der Waals surface area contributed by atoms with Gasteiger partial charge in [0, 0.05) is 25.5 Å². The number of carbonyl (C=O) groups is 1. The average Bonchev–Trinajstić information content (AvgIpc) is 3.39. The van der Waals surface area contributed by atoms with Crippen LogP contribution >= 0.6 is 22.7 Å². The second-order valence-corrected chi connectivity index (χ2v) is 8.71. The van der Waals surface area contributed by atoms with Gasteiger partial charge in [-0.3, -0.25) is 4.79 Å². The molecule has 4 aromatic rings. The summed E-state index contributed by atoms with van der Waals surface area (Å²) in [7, 11) is 0. The molecule has 1 N–H and O–H groups in total. The van der Waals surface area contributed by atoms with E-state index < -0.39 is 0 Å². The summed E-state index contributed by atoms with van der Waals surface area (Å²) in [5, 5.41) is 4.00. The fraction of sp³-hybridized carbons (Fsp3) is 0.250. The molecule has 0 aliphatic rings. The third kappa shape index (κ3) is 3.94. The van der Waals surface area contributed by atoms with E-state index in [1.54, 1.807) is 17.5 Å². The van der Waals surface area contributed by atoms with Crippen LogP contribution in [0, 0.1) is 12.8 Å². The average molecular weight is 397 g/mol. The minimum absolute atomic E-state index is 0.0263. The van der Waals surface area contributed by atoms with Gasteiger partial charge in [-0.05, 0) is 37.1 Å². The molecule has 0 fully saturated rings. The summed E-state index contributed by atoms with van der Waals surface area (Å²) < 4.78 is 3.27. The predicted octanol–water partition coefficient (Wildman–Crippen LogP) is 4.60. The molecular formula is C20H20N4OS2. The van der Waals surface area contributed by atoms with Crippen LogP contribution in [0.5, 0.6) is 0 Å². The lowest BCUT2D eigenvalue weighted by Crippen LogP contribution is -2.29. The lowest BCUT2D eigenvalue weighted by atomic mass is 10.2. The standard InChI is InChI=1S/C20H20N4OS2/c1-13(12-24-10-9-21-14(24)2)11-22-19(25)17-7-8-18(26-17)20-23-15-5-3-4-6-16(15)27-20/h3-10,13H,11-12H2,1-2H3,(H,22,25)/t13-/m1/s1. The minimum atomic E-state index is -0.0263. The van der Waals surface area contributed by atoms with E-state index in [-0.39, 0.29) is 5.91 Å². The number of para-hydroxylation sites is 1. The molecule has 0 saturated carbocycles. The number of amides is 1. The highest BCUT2D eigenvalue weighted by Gasteiger charge is 2.14. The summed E-state index contributed by atoms with van der Waals surface area (Å²) in [6.07, 6.45) is 3.77. The third-order valence-electron chi connectivity index (χ3n) is 4.38. The molecule has 0 aliphatic carbocycles. The molecule has 3 aromatic heterocycles. The third-order valence-corrected chi connectivity index (χ3v) is 6.67. The number of fused-ring (bicyclic) bond motifs is 1. The first-order valence-corrected chi connectivity index (χ1v) is 10.4. The van der Waals surface area contributed by atoms with E-state index in [0.29, 0.717) is 12.5 Å². The molecule has 0 saturated heterocycles. The van der Waals surface area contributed by atoms with Crippen molar-refractivity contribution >= 4 is 38.8 Å². The summed E-state index contributed by atoms with van der Waals surface area (Å²) in [5.74, 6) is 1.29. The molecule has 138 valence electrons. The molecule has 5 nitrogen and oxygen atoms in total. The van der Waals surface area contributed by atoms with Gasteiger partial charge in [0.15, 0.2) is 0 Å². The van der Waals surface area contributed by atoms with Crippen LogP contribution in [0.2, 0.25) is 0 Å². The summed E-state index contributed by atoms with van der Waals surface area (Å²) in [6, 6.07) is 12.0. The second-order valence-electron chi connectivity index (χ2n) is 6.59. The van der Waals surface area contributed by atoms with Gasteiger partial charge in [-0.25, -0.2) is 9.97 Å². The van der Waals surface area contributed by atoms with Crippen molar-refractivity contribution in [2.45, 2.75) is 20.4 Å². The Hall–Kier alpha value is -2.51. The van der Waals surface area contributed by atoms with Gasteiger partial charge in [-0.2, -0.15) is 0 Å². The Morgan fingerprint density at radius 1 is 1.22 bits per heavy atom. The Balaban J connectivity index is 1.39. The lowest BCUT2D eigenvalue weighted by Gasteiger charge is -2.14. The number of imidazole rings is 1. The number of thiazole rings is 1. The van der Waals surface area contributed by atoms with E-state index in [4.69, 9.17) is 0 Å². The van der Waals surface area contributed by atoms with Gasteiger partial charge >= 0.3 is 0 Å². The molecule has 3 heterocycles. The quantitative estimate of drug-likeness (QED) is 0.518. The van der Waals surface area contributed by atoms with Crippen molar-refractivity contribution < 1.29 is 4.79 Å². The first-order valence-electron chi connectivity index (χ1n) is 8.82. The molecule has 7 heteroatoms. The van der Waals surface area contributed by atoms with E-state index in [1.165, 1.54) is 11.3 Å². The fourth-order valence-electron chi connectivity index (χ4n) is 2.90. The number of nitrogens with zero attached hydrogens (tertiary/aromatic N) is 3. The van der Waals surface area contributed by atoms with Crippen LogP contribution in [-0.4, -0.2) is 27.0 Å². The van der Waals surface area contributed by atoms with Crippen LogP contribution in [0.15, 0.2) is 48.8 Å². The van der Waals surface area contributed by atoms with Crippen molar-refractivity contribution in [2.75, 3.05) is 6.54 Å². The minimum Gasteiger partial charge on any atom is -0.351 e. The van der Waals surface area contributed by atoms with E-state index in [9.17, 15) is 4.79 Å². The van der Waals surface area contributed by atoms with Crippen LogP contribution in [-0.2, 0) is 6.54 Å². The highest BCUT2D eigenvalue weighted by molar-refractivity contribution is 7.26. The Labute approximate surface area is 165 Å². The van der Waals surface area contributed by atoms with Gasteiger partial charge in [0.25, 0.3) is 5.91 Å². The molecule has 27 heavy (non-hydrogen) atoms. The van der Waals surface area contributed by atoms with Crippen LogP contribution in [0.1, 0.15) is 22.4 Å². The molecular weight excluding hydrogens is 376 g/mol. The molecule has 1 aromatic carbocycles. The van der Waals surface area contributed by atoms with Crippen molar-refractivity contribution in [1.82, 2.24) is 19.9 Å². The second kappa shape index (κ2) is 7.62. The number of hydrogen-bond acceptors (Lipinski definition) is 5. The molecule has 0 bridgehead atoms. The molecule has 0 aliphatic heterocycles. The van der Waals surface area contributed by atoms with Gasteiger partial charge in [-0.1, -0.05) is 19.1 Å². The predicted molar refractivity (Wildman–Crippen MR) is 111 cm³/mol. The number of rotatable bonds is 6. The van der Waals surface area contributed by atoms with Gasteiger partial charge in [0.2, 0.25) is 0 Å². The number of hydrogen-bond donors (Lipinski definition) is 1. The Kier molecular flexibility index (Phi) is 5.05. The zero-order valence-corrected chi connectivity index (χ0v) is 16.8. The summed E-state index contributed by atoms with van der Waals surface area (Å²) in [4.78, 5) is 23.1. The summed E-state index contributed by atoms with van der Waals surface area (Å²) in [5.41, 5.74) is 1.00. The van der Waals surface area contributed by atoms with Crippen molar-refractivity contribution in [3.8, 4) is 9.88 Å². The lowest BCUT2D eigenvalue weighted by molar-refractivity contribution is 0.0951. The SMILES string of the molecule is Cc1nccn1C[C@H](C)CNC(=O)c1ccc(-c2nc3ccccc3s2)s1. The number of benzene rings is 1. The number of thiophene rings is 1. The van der Waals surface area contributed by atoms with Crippen molar-refractivity contribution in [2.24, 2.45) is 5.92 Å². The van der Waals surface area contributed by atoms with E-state index in [2.05, 4.69) is 32.8 Å². The Morgan fingerprint density at radius 3 is 2.85 bits per heavy atom. The van der Waals surface area contributed by atoms with Crippen molar-refractivity contribution in [1.29, 1.82) is 0 Å². The number of carbonyl (C=O) groups excluding carboxylic acids is 1. The topological polar surface area (TPSA) is 59.8 Å². The Morgan fingerprint density at radius 2 is 2.07 bits per heavy atom. The highest BCUT2D eigenvalue weighted by atomic mass is 32.1. The van der Waals surface area contributed by atoms with Crippen molar-refractivity contribution in [3.05, 3.63) is 59.5 Å². The maximum Gasteiger partial charge on any atom is 0.261 e. The Bertz CT molecular complexity index is 1050. The van der Waals surface area contributed by atoms with Gasteiger partial charge in [-0.15, -0.1) is 22.7 Å². The number of aryl methyl sites for hydroxylation is 1. The molecule has 0 spiro atoms. The van der Waals surface area contributed by atoms with E-state index >= 15 is 0 Å². The first-order chi connectivity index (χ1) is 13.1. The maximum atomic E-state index is 12.5. The van der Waals surface area contributed by atoms with E-state index in [0.717, 1.165) is 37.3 Å². The monoisotopic (exact) mass is 396 g/mol. The fourth-order valence-corrected chi connectivity index (χ4v) is 4.85. The zero-order chi connectivity index (χ0) is 18.8. The molecule has 1 amide bonds.